The van der Waals surface area contributed by atoms with E-state index >= 15 is 0 Å². The van der Waals surface area contributed by atoms with Gasteiger partial charge in [0, 0.05) is 23.5 Å². The number of carbonyl (C=O) groups is 1. The zero-order chi connectivity index (χ0) is 20.0. The molecule has 2 aromatic rings. The van der Waals surface area contributed by atoms with Gasteiger partial charge in [-0.15, -0.1) is 0 Å². The van der Waals surface area contributed by atoms with Crippen molar-refractivity contribution in [1.29, 1.82) is 0 Å². The van der Waals surface area contributed by atoms with Crippen LogP contribution in [0.1, 0.15) is 26.3 Å². The molecule has 0 aliphatic rings. The van der Waals surface area contributed by atoms with Crippen LogP contribution in [-0.4, -0.2) is 33.8 Å². The van der Waals surface area contributed by atoms with Crippen LogP contribution in [0.3, 0.4) is 0 Å². The van der Waals surface area contributed by atoms with Gasteiger partial charge in [-0.1, -0.05) is 39.0 Å². The Labute approximate surface area is 160 Å². The summed E-state index contributed by atoms with van der Waals surface area (Å²) in [6.07, 6.45) is 0. The first-order chi connectivity index (χ1) is 12.8. The van der Waals surface area contributed by atoms with Crippen molar-refractivity contribution >= 4 is 17.3 Å². The number of carbonyl (C=O) groups excluding carboxylic acids is 1. The van der Waals surface area contributed by atoms with Crippen LogP contribution in [0, 0.1) is 0 Å². The van der Waals surface area contributed by atoms with E-state index in [1.807, 2.05) is 24.3 Å². The minimum absolute atomic E-state index is 0.0615. The Morgan fingerprint density at radius 3 is 2.07 bits per heavy atom. The molecule has 0 fully saturated rings. The molecule has 2 aromatic carbocycles. The maximum atomic E-state index is 12.4. The van der Waals surface area contributed by atoms with Gasteiger partial charge in [-0.3, -0.25) is 4.79 Å². The molecule has 2 rings (SSSR count). The van der Waals surface area contributed by atoms with Crippen molar-refractivity contribution in [3.05, 3.63) is 42.0 Å². The van der Waals surface area contributed by atoms with Crippen LogP contribution in [0.15, 0.2) is 36.4 Å². The Hall–Kier alpha value is -2.89. The SMILES string of the molecule is COc1cc(NCC(=O)Nc2ccccc2C(C)(C)C)cc(OC)c1OC. The van der Waals surface area contributed by atoms with E-state index in [-0.39, 0.29) is 17.9 Å². The number of benzene rings is 2. The van der Waals surface area contributed by atoms with Gasteiger partial charge in [-0.2, -0.15) is 0 Å². The van der Waals surface area contributed by atoms with Gasteiger partial charge in [0.1, 0.15) is 0 Å². The first kappa shape index (κ1) is 20.4. The molecule has 0 saturated heterocycles. The predicted molar refractivity (Wildman–Crippen MR) is 108 cm³/mol. The molecule has 0 bridgehead atoms. The van der Waals surface area contributed by atoms with Gasteiger partial charge >= 0.3 is 0 Å². The number of anilines is 2. The molecule has 2 N–H and O–H groups in total. The van der Waals surface area contributed by atoms with E-state index in [1.54, 1.807) is 33.5 Å². The third kappa shape index (κ3) is 5.06. The summed E-state index contributed by atoms with van der Waals surface area (Å²) in [5, 5.41) is 6.07. The maximum absolute atomic E-state index is 12.4. The lowest BCUT2D eigenvalue weighted by atomic mass is 9.86. The molecule has 0 heterocycles. The van der Waals surface area contributed by atoms with Crippen molar-refractivity contribution in [1.82, 2.24) is 0 Å². The third-order valence-corrected chi connectivity index (χ3v) is 4.13. The Kier molecular flexibility index (Phi) is 6.55. The minimum Gasteiger partial charge on any atom is -0.493 e. The molecule has 0 aromatic heterocycles. The molecule has 6 nitrogen and oxygen atoms in total. The van der Waals surface area contributed by atoms with Gasteiger partial charge in [0.2, 0.25) is 11.7 Å². The number of hydrogen-bond donors (Lipinski definition) is 2. The summed E-state index contributed by atoms with van der Waals surface area (Å²) in [5.41, 5.74) is 2.55. The first-order valence-corrected chi connectivity index (χ1v) is 8.73. The average Bonchev–Trinajstić information content (AvgIpc) is 2.64. The fraction of sp³-hybridized carbons (Fsp3) is 0.381. The zero-order valence-corrected chi connectivity index (χ0v) is 16.8. The van der Waals surface area contributed by atoms with Crippen LogP contribution in [0.4, 0.5) is 11.4 Å². The number of para-hydroxylation sites is 1. The van der Waals surface area contributed by atoms with Gasteiger partial charge in [0.25, 0.3) is 0 Å². The molecule has 0 aliphatic carbocycles. The molecule has 6 heteroatoms. The number of amides is 1. The zero-order valence-electron chi connectivity index (χ0n) is 16.8. The van der Waals surface area contributed by atoms with Gasteiger partial charge in [0.15, 0.2) is 11.5 Å². The summed E-state index contributed by atoms with van der Waals surface area (Å²) in [4.78, 5) is 12.4. The second-order valence-corrected chi connectivity index (χ2v) is 7.11. The third-order valence-electron chi connectivity index (χ3n) is 4.13. The highest BCUT2D eigenvalue weighted by Crippen LogP contribution is 2.39. The Morgan fingerprint density at radius 2 is 1.56 bits per heavy atom. The van der Waals surface area contributed by atoms with Gasteiger partial charge in [-0.05, 0) is 17.0 Å². The molecule has 0 unspecified atom stereocenters. The Morgan fingerprint density at radius 1 is 0.963 bits per heavy atom. The summed E-state index contributed by atoms with van der Waals surface area (Å²) in [6, 6.07) is 11.4. The average molecular weight is 372 g/mol. The van der Waals surface area contributed by atoms with E-state index in [4.69, 9.17) is 14.2 Å². The van der Waals surface area contributed by atoms with Crippen molar-refractivity contribution in [3.63, 3.8) is 0 Å². The summed E-state index contributed by atoms with van der Waals surface area (Å²) in [5.74, 6) is 1.42. The van der Waals surface area contributed by atoms with Gasteiger partial charge in [0.05, 0.1) is 27.9 Å². The van der Waals surface area contributed by atoms with Crippen LogP contribution < -0.4 is 24.8 Å². The lowest BCUT2D eigenvalue weighted by Crippen LogP contribution is -2.24. The standard InChI is InChI=1S/C21H28N2O4/c1-21(2,3)15-9-7-8-10-16(15)23-19(24)13-22-14-11-17(25-4)20(27-6)18(12-14)26-5/h7-12,22H,13H2,1-6H3,(H,23,24). The summed E-state index contributed by atoms with van der Waals surface area (Å²) in [7, 11) is 4.65. The highest BCUT2D eigenvalue weighted by Gasteiger charge is 2.19. The van der Waals surface area contributed by atoms with E-state index in [9.17, 15) is 4.79 Å². The number of rotatable bonds is 7. The van der Waals surface area contributed by atoms with Crippen molar-refractivity contribution in [2.45, 2.75) is 26.2 Å². The molecular weight excluding hydrogens is 344 g/mol. The molecule has 0 saturated carbocycles. The van der Waals surface area contributed by atoms with Crippen LogP contribution in [0.2, 0.25) is 0 Å². The highest BCUT2D eigenvalue weighted by molar-refractivity contribution is 5.94. The second-order valence-electron chi connectivity index (χ2n) is 7.11. The fourth-order valence-electron chi connectivity index (χ4n) is 2.81. The smallest absolute Gasteiger partial charge is 0.243 e. The molecular formula is C21H28N2O4. The van der Waals surface area contributed by atoms with Crippen LogP contribution in [0.5, 0.6) is 17.2 Å². The van der Waals surface area contributed by atoms with Crippen molar-refractivity contribution in [2.24, 2.45) is 0 Å². The molecule has 0 radical (unpaired) electrons. The molecule has 0 atom stereocenters. The van der Waals surface area contributed by atoms with E-state index < -0.39 is 0 Å². The van der Waals surface area contributed by atoms with E-state index in [0.29, 0.717) is 22.9 Å². The topological polar surface area (TPSA) is 68.8 Å². The van der Waals surface area contributed by atoms with E-state index in [1.165, 1.54) is 0 Å². The van der Waals surface area contributed by atoms with Crippen LogP contribution in [-0.2, 0) is 10.2 Å². The number of methoxy groups -OCH3 is 3. The predicted octanol–water partition coefficient (Wildman–Crippen LogP) is 4.06. The normalized spacial score (nSPS) is 10.9. The van der Waals surface area contributed by atoms with Crippen LogP contribution in [0.25, 0.3) is 0 Å². The second kappa shape index (κ2) is 8.66. The van der Waals surface area contributed by atoms with Crippen LogP contribution >= 0.6 is 0 Å². The Bertz CT molecular complexity index is 772. The first-order valence-electron chi connectivity index (χ1n) is 8.73. The molecule has 146 valence electrons. The van der Waals surface area contributed by atoms with Crippen molar-refractivity contribution < 1.29 is 19.0 Å². The molecule has 1 amide bonds. The molecule has 0 spiro atoms. The number of nitrogens with one attached hydrogen (secondary N) is 2. The summed E-state index contributed by atoms with van der Waals surface area (Å²) >= 11 is 0. The minimum atomic E-state index is -0.138. The molecule has 27 heavy (non-hydrogen) atoms. The van der Waals surface area contributed by atoms with Gasteiger partial charge < -0.3 is 24.8 Å². The fourth-order valence-corrected chi connectivity index (χ4v) is 2.81. The largest absolute Gasteiger partial charge is 0.493 e. The Balaban J connectivity index is 2.11. The summed E-state index contributed by atoms with van der Waals surface area (Å²) < 4.78 is 16.0. The summed E-state index contributed by atoms with van der Waals surface area (Å²) in [6.45, 7) is 6.46. The monoisotopic (exact) mass is 372 g/mol. The van der Waals surface area contributed by atoms with Crippen molar-refractivity contribution in [2.75, 3.05) is 38.5 Å². The van der Waals surface area contributed by atoms with Gasteiger partial charge in [-0.25, -0.2) is 0 Å². The number of hydrogen-bond acceptors (Lipinski definition) is 5. The lowest BCUT2D eigenvalue weighted by Gasteiger charge is -2.23. The maximum Gasteiger partial charge on any atom is 0.243 e. The quantitative estimate of drug-likeness (QED) is 0.767. The highest BCUT2D eigenvalue weighted by atomic mass is 16.5. The lowest BCUT2D eigenvalue weighted by molar-refractivity contribution is -0.114. The van der Waals surface area contributed by atoms with Crippen molar-refractivity contribution in [3.8, 4) is 17.2 Å². The van der Waals surface area contributed by atoms with E-state index in [2.05, 4.69) is 31.4 Å². The molecule has 0 aliphatic heterocycles. The number of ether oxygens (including phenoxy) is 3. The van der Waals surface area contributed by atoms with E-state index in [0.717, 1.165) is 11.3 Å².